The number of hydrogen-bond donors (Lipinski definition) is 1. The minimum Gasteiger partial charge on any atom is -0.348 e. The minimum absolute atomic E-state index is 0.00520. The number of halogens is 3. The van der Waals surface area contributed by atoms with Crippen molar-refractivity contribution in [2.75, 3.05) is 6.54 Å². The van der Waals surface area contributed by atoms with Gasteiger partial charge < -0.3 is 5.32 Å². The van der Waals surface area contributed by atoms with Crippen LogP contribution in [0.4, 0.5) is 0 Å². The Morgan fingerprint density at radius 3 is 2.22 bits per heavy atom. The van der Waals surface area contributed by atoms with Crippen molar-refractivity contribution in [3.05, 3.63) is 99.0 Å². The fraction of sp³-hybridized carbons (Fsp3) is 0.174. The Morgan fingerprint density at radius 1 is 0.938 bits per heavy atom. The van der Waals surface area contributed by atoms with E-state index in [1.54, 1.807) is 48.5 Å². The van der Waals surface area contributed by atoms with Crippen LogP contribution >= 0.6 is 34.8 Å². The van der Waals surface area contributed by atoms with Crippen LogP contribution in [0.1, 0.15) is 24.1 Å². The molecule has 0 aliphatic heterocycles. The van der Waals surface area contributed by atoms with Gasteiger partial charge in [0.25, 0.3) is 0 Å². The summed E-state index contributed by atoms with van der Waals surface area (Å²) in [4.78, 5) is 12.7. The fourth-order valence-corrected chi connectivity index (χ4v) is 5.36. The molecule has 0 aliphatic carbocycles. The molecule has 3 rings (SSSR count). The van der Waals surface area contributed by atoms with Crippen molar-refractivity contribution in [3.8, 4) is 0 Å². The third kappa shape index (κ3) is 6.24. The maximum absolute atomic E-state index is 13.4. The number of nitrogens with zero attached hydrogens (tertiary/aromatic N) is 1. The van der Waals surface area contributed by atoms with Crippen LogP contribution in [0, 0.1) is 0 Å². The van der Waals surface area contributed by atoms with Crippen molar-refractivity contribution in [2.45, 2.75) is 24.4 Å². The van der Waals surface area contributed by atoms with Crippen molar-refractivity contribution in [1.29, 1.82) is 0 Å². The maximum atomic E-state index is 13.4. The number of hydrogen-bond acceptors (Lipinski definition) is 3. The monoisotopic (exact) mass is 510 g/mol. The number of amides is 1. The summed E-state index contributed by atoms with van der Waals surface area (Å²) >= 11 is 18.1. The van der Waals surface area contributed by atoms with Crippen molar-refractivity contribution < 1.29 is 13.2 Å². The van der Waals surface area contributed by atoms with Crippen molar-refractivity contribution >= 4 is 50.7 Å². The molecule has 1 atom stereocenters. The van der Waals surface area contributed by atoms with E-state index in [2.05, 4.69) is 5.32 Å². The Hall–Kier alpha value is -2.09. The standard InChI is InChI=1S/C23H21Cl3N2O3S/c1-16(18-7-9-19(24)10-8-18)27-23(29)15-28(14-17-5-3-2-4-6-17)32(30,31)22-13-20(25)11-12-21(22)26/h2-13,16H,14-15H2,1H3,(H,27,29)/t16-/m0/s1. The average Bonchev–Trinajstić information content (AvgIpc) is 2.76. The molecule has 0 heterocycles. The van der Waals surface area contributed by atoms with Gasteiger partial charge in [0.05, 0.1) is 17.6 Å². The molecule has 0 fully saturated rings. The van der Waals surface area contributed by atoms with Crippen LogP contribution < -0.4 is 5.32 Å². The van der Waals surface area contributed by atoms with E-state index in [9.17, 15) is 13.2 Å². The molecule has 9 heteroatoms. The highest BCUT2D eigenvalue weighted by atomic mass is 35.5. The summed E-state index contributed by atoms with van der Waals surface area (Å²) in [7, 11) is -4.11. The first-order valence-corrected chi connectivity index (χ1v) is 12.3. The first-order chi connectivity index (χ1) is 15.2. The second-order valence-electron chi connectivity index (χ2n) is 7.17. The molecule has 1 amide bonds. The number of carbonyl (C=O) groups is 1. The van der Waals surface area contributed by atoms with Crippen LogP contribution in [0.15, 0.2) is 77.7 Å². The molecule has 168 valence electrons. The highest BCUT2D eigenvalue weighted by molar-refractivity contribution is 7.89. The lowest BCUT2D eigenvalue weighted by atomic mass is 10.1. The Kier molecular flexibility index (Phi) is 8.20. The summed E-state index contributed by atoms with van der Waals surface area (Å²) in [6.45, 7) is 1.41. The van der Waals surface area contributed by atoms with Crippen LogP contribution in [-0.2, 0) is 21.4 Å². The van der Waals surface area contributed by atoms with Crippen molar-refractivity contribution in [1.82, 2.24) is 9.62 Å². The highest BCUT2D eigenvalue weighted by Crippen LogP contribution is 2.28. The molecule has 0 saturated heterocycles. The predicted molar refractivity (Wildman–Crippen MR) is 129 cm³/mol. The SMILES string of the molecule is C[C@H](NC(=O)CN(Cc1ccccc1)S(=O)(=O)c1cc(Cl)ccc1Cl)c1ccc(Cl)cc1. The van der Waals surface area contributed by atoms with Gasteiger partial charge in [-0.3, -0.25) is 4.79 Å². The minimum atomic E-state index is -4.11. The lowest BCUT2D eigenvalue weighted by Gasteiger charge is -2.24. The van der Waals surface area contributed by atoms with Crippen LogP contribution in [0.2, 0.25) is 15.1 Å². The summed E-state index contributed by atoms with van der Waals surface area (Å²) in [6.07, 6.45) is 0. The quantitative estimate of drug-likeness (QED) is 0.421. The number of nitrogens with one attached hydrogen (secondary N) is 1. The second kappa shape index (κ2) is 10.7. The first-order valence-electron chi connectivity index (χ1n) is 9.71. The number of sulfonamides is 1. The highest BCUT2D eigenvalue weighted by Gasteiger charge is 2.29. The zero-order valence-corrected chi connectivity index (χ0v) is 20.2. The average molecular weight is 512 g/mol. The molecule has 32 heavy (non-hydrogen) atoms. The van der Waals surface area contributed by atoms with Gasteiger partial charge in [0.1, 0.15) is 4.90 Å². The molecule has 0 unspecified atom stereocenters. The topological polar surface area (TPSA) is 66.5 Å². The fourth-order valence-electron chi connectivity index (χ4n) is 3.11. The molecule has 0 bridgehead atoms. The van der Waals surface area contributed by atoms with E-state index in [-0.39, 0.29) is 27.5 Å². The van der Waals surface area contributed by atoms with E-state index >= 15 is 0 Å². The maximum Gasteiger partial charge on any atom is 0.245 e. The smallest absolute Gasteiger partial charge is 0.245 e. The van der Waals surface area contributed by atoms with Gasteiger partial charge in [-0.25, -0.2) is 8.42 Å². The van der Waals surface area contributed by atoms with Gasteiger partial charge in [-0.15, -0.1) is 0 Å². The normalized spacial score (nSPS) is 12.5. The lowest BCUT2D eigenvalue weighted by Crippen LogP contribution is -2.41. The van der Waals surface area contributed by atoms with Crippen LogP contribution in [0.5, 0.6) is 0 Å². The lowest BCUT2D eigenvalue weighted by molar-refractivity contribution is -0.122. The van der Waals surface area contributed by atoms with Gasteiger partial charge in [0, 0.05) is 16.6 Å². The Morgan fingerprint density at radius 2 is 1.56 bits per heavy atom. The van der Waals surface area contributed by atoms with Gasteiger partial charge in [-0.2, -0.15) is 4.31 Å². The summed E-state index contributed by atoms with van der Waals surface area (Å²) < 4.78 is 27.9. The van der Waals surface area contributed by atoms with E-state index in [0.29, 0.717) is 5.02 Å². The second-order valence-corrected chi connectivity index (χ2v) is 10.4. The van der Waals surface area contributed by atoms with E-state index in [4.69, 9.17) is 34.8 Å². The number of rotatable bonds is 8. The predicted octanol–water partition coefficient (Wildman–Crippen LogP) is 5.72. The third-order valence-electron chi connectivity index (χ3n) is 4.78. The molecule has 3 aromatic carbocycles. The Balaban J connectivity index is 1.86. The van der Waals surface area contributed by atoms with Crippen molar-refractivity contribution in [2.24, 2.45) is 0 Å². The largest absolute Gasteiger partial charge is 0.348 e. The molecule has 0 spiro atoms. The Bertz CT molecular complexity index is 1190. The van der Waals surface area contributed by atoms with E-state index < -0.39 is 22.5 Å². The Labute approximate surface area is 203 Å². The number of carbonyl (C=O) groups excluding carboxylic acids is 1. The summed E-state index contributed by atoms with van der Waals surface area (Å²) in [6, 6.07) is 19.9. The van der Waals surface area contributed by atoms with Crippen LogP contribution in [-0.4, -0.2) is 25.2 Å². The van der Waals surface area contributed by atoms with Gasteiger partial charge in [0.15, 0.2) is 0 Å². The molecule has 0 saturated carbocycles. The summed E-state index contributed by atoms with van der Waals surface area (Å²) in [5.74, 6) is -0.454. The van der Waals surface area contributed by atoms with Gasteiger partial charge >= 0.3 is 0 Å². The molecule has 3 aromatic rings. The van der Waals surface area contributed by atoms with E-state index in [0.717, 1.165) is 15.4 Å². The van der Waals surface area contributed by atoms with Gasteiger partial charge in [0.2, 0.25) is 15.9 Å². The zero-order chi connectivity index (χ0) is 23.3. The molecule has 0 aromatic heterocycles. The van der Waals surface area contributed by atoms with E-state index in [1.807, 2.05) is 13.0 Å². The third-order valence-corrected chi connectivity index (χ3v) is 7.54. The molecular formula is C23H21Cl3N2O3S. The molecule has 0 aliphatic rings. The van der Waals surface area contributed by atoms with Crippen LogP contribution in [0.3, 0.4) is 0 Å². The molecular weight excluding hydrogens is 491 g/mol. The van der Waals surface area contributed by atoms with Crippen LogP contribution in [0.25, 0.3) is 0 Å². The van der Waals surface area contributed by atoms with Crippen molar-refractivity contribution in [3.63, 3.8) is 0 Å². The zero-order valence-electron chi connectivity index (χ0n) is 17.1. The van der Waals surface area contributed by atoms with Gasteiger partial charge in [-0.05, 0) is 48.4 Å². The molecule has 1 N–H and O–H groups in total. The summed E-state index contributed by atoms with van der Waals surface area (Å²) in [5.41, 5.74) is 1.57. The van der Waals surface area contributed by atoms with E-state index in [1.165, 1.54) is 18.2 Å². The van der Waals surface area contributed by atoms with Gasteiger partial charge in [-0.1, -0.05) is 77.3 Å². The molecule has 5 nitrogen and oxygen atoms in total. The number of benzene rings is 3. The summed E-state index contributed by atoms with van der Waals surface area (Å²) in [5, 5.41) is 3.68. The first kappa shape index (κ1) is 24.6. The molecule has 0 radical (unpaired) electrons.